The molecule has 2 saturated heterocycles. The van der Waals surface area contributed by atoms with Gasteiger partial charge in [0.1, 0.15) is 53.9 Å². The summed E-state index contributed by atoms with van der Waals surface area (Å²) < 4.78 is 49.2. The van der Waals surface area contributed by atoms with E-state index in [9.17, 15) is 59.4 Å². The number of hydrogen-bond acceptors (Lipinski definition) is 30. The molecule has 29 nitrogen and oxygen atoms in total. The molecule has 38 heteroatoms. The Balaban J connectivity index is -0.000000446. The number of nitrogens with zero attached hydrogens (tertiary/aromatic N) is 2. The maximum atomic E-state index is 12.9. The minimum absolute atomic E-state index is 0. The Morgan fingerprint density at radius 3 is 1.67 bits per heavy atom. The number of nitrogens with one attached hydrogen (secondary N) is 3. The number of carbonyl (C=O) groups excluding carboxylic acids is 8. The van der Waals surface area contributed by atoms with Crippen molar-refractivity contribution in [3.05, 3.63) is 13.0 Å². The molecule has 0 spiro atoms. The number of carbonyl (C=O) groups is 6. The predicted molar refractivity (Wildman–Crippen MR) is 368 cm³/mol. The third-order valence-corrected chi connectivity index (χ3v) is 19.3. The molecule has 560 valence electrons. The number of alkyl halides is 1. The number of hydroxylamine groups is 4. The third kappa shape index (κ3) is 60.0. The average molecular weight is 1550 g/mol. The van der Waals surface area contributed by atoms with Crippen LogP contribution in [0.15, 0.2) is 0 Å². The summed E-state index contributed by atoms with van der Waals surface area (Å²) in [7, 11) is 0.104. The molecule has 0 saturated carbocycles. The van der Waals surface area contributed by atoms with Crippen LogP contribution in [0, 0.1) is 30.8 Å². The zero-order valence-corrected chi connectivity index (χ0v) is 67.6. The third-order valence-electron chi connectivity index (χ3n) is 14.1. The quantitative estimate of drug-likeness (QED) is 0.00403. The molecule has 7 unspecified atom stereocenters. The van der Waals surface area contributed by atoms with Crippen LogP contribution in [0.2, 0.25) is 0 Å². The number of amides is 3. The molecule has 3 amide bonds. The van der Waals surface area contributed by atoms with Crippen LogP contribution in [0.4, 0.5) is 0 Å². The van der Waals surface area contributed by atoms with Gasteiger partial charge in [-0.05, 0) is 101 Å². The summed E-state index contributed by atoms with van der Waals surface area (Å²) in [5.41, 5.74) is 0. The fourth-order valence-electron chi connectivity index (χ4n) is 8.85. The standard InChI is InChI=1S/C30H57N3O7S3.C17H31NO9S2.C11H20ClNO2.CO2.2Na.H2O4S/c1-5-25(11-6-8-13-32-30(39)23-43-21-27(36)20-34)28(37)19-26(24(2)35)12-7-9-14-31-29(38)22-42-18-17-41-16-10-15-33(3)40-4;1-24-18(3-2-5-29-6-4-28)16-14(23)15(13(22)12(8-19)26-16)27-17-11(21)7-10(20)9-25-17;1-3-10(9(2)14)6-4-5-7-13-11(15)8-12;2-1-3;;;1-5(2,3)4/h25-27,34,36H,5-23H2,1-4H3,(H,31,38)(H,32,39);7,9-17,19-23,28H,2-6,8H2,1H3;10H,3-8H2,1-2H3,(H,13,15);;;;(H2,1,2,3,4)/q;-2;;;2*+1;/p-1/t;10-,11?,12?,13-,14?,15-,16+,17-;;;;;/m.0...../s1. The Morgan fingerprint density at radius 2 is 1.21 bits per heavy atom. The van der Waals surface area contributed by atoms with Crippen LogP contribution in [0.25, 0.3) is 0 Å². The van der Waals surface area contributed by atoms with E-state index in [4.69, 9.17) is 67.7 Å². The summed E-state index contributed by atoms with van der Waals surface area (Å²) in [4.78, 5) is 97.7. The van der Waals surface area contributed by atoms with Gasteiger partial charge in [0.2, 0.25) is 28.1 Å². The summed E-state index contributed by atoms with van der Waals surface area (Å²) >= 11 is 16.0. The molecule has 97 heavy (non-hydrogen) atoms. The Bertz CT molecular complexity index is 2150. The largest absolute Gasteiger partial charge is 1.00 e. The molecule has 0 aromatic carbocycles. The number of thioether (sulfide) groups is 4. The molecule has 2 fully saturated rings. The van der Waals surface area contributed by atoms with Gasteiger partial charge in [-0.25, -0.2) is 15.0 Å². The number of ether oxygens (including phenoxy) is 3. The summed E-state index contributed by atoms with van der Waals surface area (Å²) in [6.07, 6.45) is 2.11. The van der Waals surface area contributed by atoms with E-state index in [-0.39, 0.29) is 143 Å². The van der Waals surface area contributed by atoms with E-state index in [0.717, 1.165) is 125 Å². The molecule has 0 bridgehead atoms. The molecule has 2 rings (SSSR count). The first kappa shape index (κ1) is 106. The summed E-state index contributed by atoms with van der Waals surface area (Å²) in [6.45, 7) is 10.6. The Labute approximate surface area is 646 Å². The van der Waals surface area contributed by atoms with E-state index in [1.54, 1.807) is 44.5 Å². The van der Waals surface area contributed by atoms with E-state index in [1.165, 1.54) is 30.4 Å². The van der Waals surface area contributed by atoms with Crippen LogP contribution in [0.3, 0.4) is 0 Å². The molecule has 2 aliphatic rings. The first-order chi connectivity index (χ1) is 45.1. The van der Waals surface area contributed by atoms with Gasteiger partial charge in [0.15, 0.2) is 6.23 Å². The number of ketones is 3. The molecule has 2 heterocycles. The number of aliphatic hydroxyl groups is 7. The first-order valence-electron chi connectivity index (χ1n) is 31.4. The molecular weight excluding hydrogens is 1440 g/mol. The maximum Gasteiger partial charge on any atom is 1.00 e. The van der Waals surface area contributed by atoms with Gasteiger partial charge < -0.3 is 75.3 Å². The second kappa shape index (κ2) is 69.2. The number of halogens is 1. The molecule has 11 N–H and O–H groups in total. The minimum atomic E-state index is -4.92. The summed E-state index contributed by atoms with van der Waals surface area (Å²) in [6, 6.07) is 0. The molecular formula is C59H109ClN5Na2O24S6-. The van der Waals surface area contributed by atoms with Crippen molar-refractivity contribution in [3.8, 4) is 0 Å². The number of Topliss-reactive ketones (excluding diaryl/α,β-unsaturated/α-hetero) is 3. The summed E-state index contributed by atoms with van der Waals surface area (Å²) in [5, 5.41) is 80.1. The number of thiol groups is 1. The molecule has 0 radical (unpaired) electrons. The summed E-state index contributed by atoms with van der Waals surface area (Å²) in [5.74, 6) is 6.74. The van der Waals surface area contributed by atoms with E-state index in [2.05, 4.69) is 28.6 Å². The van der Waals surface area contributed by atoms with Crippen molar-refractivity contribution in [1.29, 1.82) is 0 Å². The molecule has 0 aromatic heterocycles. The molecule has 2 aliphatic heterocycles. The second-order valence-electron chi connectivity index (χ2n) is 21.5. The van der Waals surface area contributed by atoms with Crippen molar-refractivity contribution >= 4 is 123 Å². The Hall–Kier alpha value is 0.150. The van der Waals surface area contributed by atoms with Crippen molar-refractivity contribution in [2.24, 2.45) is 17.8 Å². The predicted octanol–water partition coefficient (Wildman–Crippen LogP) is -4.09. The number of aliphatic hydroxyl groups excluding tert-OH is 7. The van der Waals surface area contributed by atoms with Crippen LogP contribution in [-0.4, -0.2) is 285 Å². The first-order valence-corrected chi connectivity index (χ1v) is 38.6. The van der Waals surface area contributed by atoms with Crippen molar-refractivity contribution in [2.45, 2.75) is 173 Å². The van der Waals surface area contributed by atoms with E-state index in [1.807, 2.05) is 37.7 Å². The maximum absolute atomic E-state index is 12.9. The number of unbranched alkanes of at least 4 members (excludes halogenated alkanes) is 3. The zero-order valence-electron chi connectivity index (χ0n) is 57.9. The van der Waals surface area contributed by atoms with Gasteiger partial charge in [-0.1, -0.05) is 33.1 Å². The van der Waals surface area contributed by atoms with Crippen molar-refractivity contribution < 1.29 is 175 Å². The Kier molecular flexibility index (Phi) is 75.5. The smallest absolute Gasteiger partial charge is 0.726 e. The minimum Gasteiger partial charge on any atom is -0.726 e. The van der Waals surface area contributed by atoms with Crippen LogP contribution in [-0.2, 0) is 72.6 Å². The van der Waals surface area contributed by atoms with Gasteiger partial charge in [0.25, 0.3) is 0 Å². The number of hydrogen-bond donors (Lipinski definition) is 12. The van der Waals surface area contributed by atoms with Crippen LogP contribution >= 0.6 is 71.3 Å². The normalized spacial score (nSPS) is 20.0. The van der Waals surface area contributed by atoms with Gasteiger partial charge in [0, 0.05) is 87.0 Å². The number of rotatable bonds is 49. The van der Waals surface area contributed by atoms with Crippen molar-refractivity contribution in [2.75, 3.05) is 125 Å². The SMILES string of the molecule is CCC(CCCCNC(=O)CCl)C(C)=O.CCC(CCCCNC(=O)CSCC(O)CO)C(=O)CC(CCCCNC(=O)CSCCSCCCN(C)OC)C(C)=O.CON(CCCSCCS)[C@@H]1OC(CO)[C@H](O)[C@H](O[C@@H]2O[CH-][C@@H](O)[CH-]C2O)C1O.O=C=O.O=S(=O)([O-])O.[Na+].[Na+]. The van der Waals surface area contributed by atoms with E-state index < -0.39 is 72.3 Å². The van der Waals surface area contributed by atoms with Gasteiger partial charge in [-0.3, -0.25) is 44.6 Å². The fourth-order valence-corrected chi connectivity index (χ4v) is 12.7. The Morgan fingerprint density at radius 1 is 0.722 bits per heavy atom. The molecule has 0 aromatic rings. The van der Waals surface area contributed by atoms with Gasteiger partial charge in [-0.15, -0.1) is 23.4 Å². The second-order valence-corrected chi connectivity index (χ2v) is 27.7. The monoisotopic (exact) mass is 1540 g/mol. The fraction of sp³-hybridized carbons (Fsp3) is 0.847. The average Bonchev–Trinajstić information content (AvgIpc) is 0.799. The van der Waals surface area contributed by atoms with Crippen LogP contribution in [0.1, 0.15) is 118 Å². The van der Waals surface area contributed by atoms with Gasteiger partial charge in [0.05, 0.1) is 45.0 Å². The van der Waals surface area contributed by atoms with E-state index in [0.29, 0.717) is 44.1 Å². The van der Waals surface area contributed by atoms with E-state index >= 15 is 0 Å². The van der Waals surface area contributed by atoms with Crippen LogP contribution in [0.5, 0.6) is 0 Å². The van der Waals surface area contributed by atoms with Crippen LogP contribution < -0.4 is 75.1 Å². The molecule has 12 atom stereocenters. The topological polar surface area (TPSA) is 444 Å². The van der Waals surface area contributed by atoms with Gasteiger partial charge in [-0.2, -0.15) is 73.7 Å². The van der Waals surface area contributed by atoms with Crippen molar-refractivity contribution in [1.82, 2.24) is 26.1 Å². The van der Waals surface area contributed by atoms with Gasteiger partial charge >= 0.3 is 65.3 Å². The molecule has 0 aliphatic carbocycles. The van der Waals surface area contributed by atoms with Crippen molar-refractivity contribution in [3.63, 3.8) is 0 Å². The zero-order chi connectivity index (χ0) is 72.6.